The van der Waals surface area contributed by atoms with Crippen molar-refractivity contribution >= 4 is 12.4 Å². The molecule has 0 spiro atoms. The Hall–Kier alpha value is -0.730. The van der Waals surface area contributed by atoms with Crippen molar-refractivity contribution in [1.29, 1.82) is 0 Å². The average Bonchev–Trinajstić information content (AvgIpc) is 2.29. The van der Waals surface area contributed by atoms with Gasteiger partial charge in [-0.1, -0.05) is 31.0 Å². The van der Waals surface area contributed by atoms with Crippen molar-refractivity contribution in [3.63, 3.8) is 0 Å². The predicted octanol–water partition coefficient (Wildman–Crippen LogP) is 2.85. The molecule has 3 rings (SSSR count). The van der Waals surface area contributed by atoms with Gasteiger partial charge in [-0.05, 0) is 18.9 Å². The van der Waals surface area contributed by atoms with Gasteiger partial charge in [-0.25, -0.2) is 0 Å². The molecule has 3 heteroatoms. The molecule has 1 aliphatic carbocycles. The predicted molar refractivity (Wildman–Crippen MR) is 67.0 cm³/mol. The van der Waals surface area contributed by atoms with E-state index in [9.17, 15) is 0 Å². The number of fused-ring (bicyclic) bond motifs is 3. The molecule has 2 unspecified atom stereocenters. The molecular weight excluding hydrogens is 222 g/mol. The normalized spacial score (nSPS) is 31.7. The summed E-state index contributed by atoms with van der Waals surface area (Å²) < 4.78 is 5.78. The van der Waals surface area contributed by atoms with Crippen LogP contribution in [-0.2, 0) is 5.54 Å². The topological polar surface area (TPSA) is 35.2 Å². The van der Waals surface area contributed by atoms with E-state index in [2.05, 4.69) is 12.1 Å². The molecular formula is C13H18ClNO. The number of para-hydroxylation sites is 1. The molecule has 0 aromatic heterocycles. The Morgan fingerprint density at radius 3 is 2.94 bits per heavy atom. The molecule has 1 aliphatic heterocycles. The third kappa shape index (κ3) is 1.61. The van der Waals surface area contributed by atoms with Crippen LogP contribution in [0.1, 0.15) is 31.2 Å². The minimum atomic E-state index is -0.118. The van der Waals surface area contributed by atoms with Gasteiger partial charge in [0.25, 0.3) is 0 Å². The highest BCUT2D eigenvalue weighted by Gasteiger charge is 2.43. The second kappa shape index (κ2) is 4.27. The quantitative estimate of drug-likeness (QED) is 0.756. The molecule has 0 bridgehead atoms. The highest BCUT2D eigenvalue weighted by molar-refractivity contribution is 5.85. The van der Waals surface area contributed by atoms with Gasteiger partial charge in [0.2, 0.25) is 0 Å². The molecule has 0 saturated heterocycles. The summed E-state index contributed by atoms with van der Waals surface area (Å²) in [6, 6.07) is 8.25. The summed E-state index contributed by atoms with van der Waals surface area (Å²) >= 11 is 0. The second-order valence-electron chi connectivity index (χ2n) is 4.79. The van der Waals surface area contributed by atoms with E-state index in [1.54, 1.807) is 0 Å². The van der Waals surface area contributed by atoms with Gasteiger partial charge in [0.05, 0.1) is 12.1 Å². The Bertz CT molecular complexity index is 382. The molecule has 1 fully saturated rings. The average molecular weight is 240 g/mol. The third-order valence-corrected chi connectivity index (χ3v) is 3.95. The molecule has 0 amide bonds. The fourth-order valence-corrected chi connectivity index (χ4v) is 3.02. The Morgan fingerprint density at radius 1 is 1.25 bits per heavy atom. The summed E-state index contributed by atoms with van der Waals surface area (Å²) in [6.07, 6.45) is 4.87. The lowest BCUT2D eigenvalue weighted by atomic mass is 9.68. The molecule has 1 heterocycles. The van der Waals surface area contributed by atoms with Crippen LogP contribution in [0.4, 0.5) is 0 Å². The van der Waals surface area contributed by atoms with Gasteiger partial charge in [0.1, 0.15) is 5.75 Å². The standard InChI is InChI=1S/C13H17NO.ClH/c14-13-8-4-3-5-10(13)9-15-12-7-2-1-6-11(12)13;/h1-2,6-7,10H,3-5,8-9,14H2;1H. The molecule has 2 atom stereocenters. The highest BCUT2D eigenvalue weighted by atomic mass is 35.5. The molecule has 1 aromatic rings. The SMILES string of the molecule is Cl.NC12CCCCC1COc1ccccc12. The first-order valence-electron chi connectivity index (χ1n) is 5.82. The first-order chi connectivity index (χ1) is 7.31. The van der Waals surface area contributed by atoms with E-state index in [0.29, 0.717) is 5.92 Å². The summed E-state index contributed by atoms with van der Waals surface area (Å²) in [7, 11) is 0. The van der Waals surface area contributed by atoms with Crippen molar-refractivity contribution in [2.75, 3.05) is 6.61 Å². The zero-order valence-corrected chi connectivity index (χ0v) is 10.1. The van der Waals surface area contributed by atoms with E-state index in [4.69, 9.17) is 10.5 Å². The Kier molecular flexibility index (Phi) is 3.13. The van der Waals surface area contributed by atoms with Crippen LogP contribution < -0.4 is 10.5 Å². The number of hydrogen-bond donors (Lipinski definition) is 1. The maximum absolute atomic E-state index is 6.60. The Morgan fingerprint density at radius 2 is 2.06 bits per heavy atom. The maximum atomic E-state index is 6.60. The van der Waals surface area contributed by atoms with Crippen LogP contribution in [0.5, 0.6) is 5.75 Å². The molecule has 2 aliphatic rings. The van der Waals surface area contributed by atoms with E-state index in [-0.39, 0.29) is 17.9 Å². The van der Waals surface area contributed by atoms with Crippen LogP contribution in [0, 0.1) is 5.92 Å². The largest absolute Gasteiger partial charge is 0.493 e. The summed E-state index contributed by atoms with van der Waals surface area (Å²) in [5, 5.41) is 0. The molecule has 1 saturated carbocycles. The van der Waals surface area contributed by atoms with Crippen molar-refractivity contribution in [3.8, 4) is 5.75 Å². The van der Waals surface area contributed by atoms with Crippen molar-refractivity contribution in [2.45, 2.75) is 31.2 Å². The molecule has 16 heavy (non-hydrogen) atoms. The fraction of sp³-hybridized carbons (Fsp3) is 0.538. The monoisotopic (exact) mass is 239 g/mol. The van der Waals surface area contributed by atoms with Gasteiger partial charge >= 0.3 is 0 Å². The Balaban J connectivity index is 0.000000963. The van der Waals surface area contributed by atoms with Gasteiger partial charge in [-0.2, -0.15) is 0 Å². The van der Waals surface area contributed by atoms with E-state index in [0.717, 1.165) is 18.8 Å². The molecule has 0 radical (unpaired) electrons. The lowest BCUT2D eigenvalue weighted by molar-refractivity contribution is 0.0906. The van der Waals surface area contributed by atoms with E-state index in [1.165, 1.54) is 24.8 Å². The molecule has 2 N–H and O–H groups in total. The molecule has 2 nitrogen and oxygen atoms in total. The fourth-order valence-electron chi connectivity index (χ4n) is 3.02. The number of halogens is 1. The minimum absolute atomic E-state index is 0. The van der Waals surface area contributed by atoms with Gasteiger partial charge in [0, 0.05) is 11.5 Å². The van der Waals surface area contributed by atoms with Crippen molar-refractivity contribution in [1.82, 2.24) is 0 Å². The van der Waals surface area contributed by atoms with Crippen LogP contribution in [-0.4, -0.2) is 6.61 Å². The highest BCUT2D eigenvalue weighted by Crippen LogP contribution is 2.46. The first-order valence-corrected chi connectivity index (χ1v) is 5.82. The zero-order chi connectivity index (χ0) is 10.3. The number of nitrogens with two attached hydrogens (primary N) is 1. The van der Waals surface area contributed by atoms with Crippen molar-refractivity contribution in [3.05, 3.63) is 29.8 Å². The lowest BCUT2D eigenvalue weighted by Crippen LogP contribution is -2.51. The van der Waals surface area contributed by atoms with Gasteiger partial charge in [-0.3, -0.25) is 0 Å². The van der Waals surface area contributed by atoms with Crippen LogP contribution in [0.3, 0.4) is 0 Å². The number of benzene rings is 1. The van der Waals surface area contributed by atoms with Crippen LogP contribution >= 0.6 is 12.4 Å². The van der Waals surface area contributed by atoms with Gasteiger partial charge in [0.15, 0.2) is 0 Å². The number of ether oxygens (including phenoxy) is 1. The van der Waals surface area contributed by atoms with Crippen LogP contribution in [0.2, 0.25) is 0 Å². The number of rotatable bonds is 0. The van der Waals surface area contributed by atoms with Crippen molar-refractivity contribution in [2.24, 2.45) is 11.7 Å². The maximum Gasteiger partial charge on any atom is 0.124 e. The second-order valence-corrected chi connectivity index (χ2v) is 4.79. The Labute approximate surface area is 103 Å². The molecule has 1 aromatic carbocycles. The van der Waals surface area contributed by atoms with E-state index in [1.807, 2.05) is 12.1 Å². The summed E-state index contributed by atoms with van der Waals surface area (Å²) in [4.78, 5) is 0. The van der Waals surface area contributed by atoms with Crippen molar-refractivity contribution < 1.29 is 4.74 Å². The summed E-state index contributed by atoms with van der Waals surface area (Å²) in [6.45, 7) is 0.799. The van der Waals surface area contributed by atoms with Crippen LogP contribution in [0.15, 0.2) is 24.3 Å². The smallest absolute Gasteiger partial charge is 0.124 e. The van der Waals surface area contributed by atoms with Crippen LogP contribution in [0.25, 0.3) is 0 Å². The van der Waals surface area contributed by atoms with E-state index < -0.39 is 0 Å². The van der Waals surface area contributed by atoms with E-state index >= 15 is 0 Å². The summed E-state index contributed by atoms with van der Waals surface area (Å²) in [5.41, 5.74) is 7.70. The molecule has 88 valence electrons. The third-order valence-electron chi connectivity index (χ3n) is 3.95. The lowest BCUT2D eigenvalue weighted by Gasteiger charge is -2.45. The number of hydrogen-bond acceptors (Lipinski definition) is 2. The van der Waals surface area contributed by atoms with Gasteiger partial charge in [-0.15, -0.1) is 12.4 Å². The van der Waals surface area contributed by atoms with Gasteiger partial charge < -0.3 is 10.5 Å². The zero-order valence-electron chi connectivity index (χ0n) is 9.32. The first kappa shape index (κ1) is 11.7. The minimum Gasteiger partial charge on any atom is -0.493 e. The summed E-state index contributed by atoms with van der Waals surface area (Å²) in [5.74, 6) is 1.51.